The van der Waals surface area contributed by atoms with Crippen molar-refractivity contribution in [1.29, 1.82) is 0 Å². The zero-order valence-electron chi connectivity index (χ0n) is 13.5. The van der Waals surface area contributed by atoms with E-state index in [0.717, 1.165) is 4.90 Å². The van der Waals surface area contributed by atoms with Crippen LogP contribution in [-0.4, -0.2) is 55.4 Å². The van der Waals surface area contributed by atoms with E-state index in [1.165, 1.54) is 11.8 Å². The van der Waals surface area contributed by atoms with Crippen molar-refractivity contribution in [2.45, 2.75) is 17.8 Å². The molecule has 1 saturated heterocycles. The third-order valence-electron chi connectivity index (χ3n) is 4.21. The Labute approximate surface area is 153 Å². The first-order chi connectivity index (χ1) is 12.2. The normalized spacial score (nSPS) is 22.7. The molecule has 0 radical (unpaired) electrons. The fourth-order valence-electron chi connectivity index (χ4n) is 2.97. The lowest BCUT2D eigenvalue weighted by molar-refractivity contribution is -0.145. The number of amides is 2. The van der Waals surface area contributed by atoms with Gasteiger partial charge in [0.05, 0.1) is 13.0 Å². The summed E-state index contributed by atoms with van der Waals surface area (Å²) in [6.07, 6.45) is -0.00306. The summed E-state index contributed by atoms with van der Waals surface area (Å²) >= 11 is 1.23. The number of thioether (sulfide) groups is 1. The zero-order chi connectivity index (χ0) is 19.1. The molecule has 1 aromatic rings. The van der Waals surface area contributed by atoms with E-state index >= 15 is 0 Å². The number of carbonyl (C=O) groups excluding carboxylic acids is 2. The average Bonchev–Trinajstić information content (AvgIpc) is 2.59. The molecule has 2 amide bonds. The van der Waals surface area contributed by atoms with Crippen LogP contribution in [0.5, 0.6) is 0 Å². The topological polar surface area (TPSA) is 153 Å². The number of carbonyl (C=O) groups is 2. The molecule has 0 unspecified atom stereocenters. The largest absolute Gasteiger partial charge is 0.398 e. The van der Waals surface area contributed by atoms with Crippen LogP contribution in [0.25, 0.3) is 0 Å². The lowest BCUT2D eigenvalue weighted by Crippen LogP contribution is -2.70. The fraction of sp³-hybridized carbons (Fsp3) is 0.333. The number of hydrogen-bond donors (Lipinski definition) is 5. The molecule has 140 valence electrons. The second kappa shape index (κ2) is 7.05. The van der Waals surface area contributed by atoms with Crippen molar-refractivity contribution in [3.63, 3.8) is 0 Å². The highest BCUT2D eigenvalue weighted by Crippen LogP contribution is 2.55. The molecular weight excluding hydrogens is 381 g/mol. The van der Waals surface area contributed by atoms with Crippen LogP contribution >= 0.6 is 19.4 Å². The number of fused-ring (bicyclic) bond motifs is 1. The van der Waals surface area contributed by atoms with E-state index in [9.17, 15) is 29.0 Å². The number of nitrogen functional groups attached to an aromatic ring is 1. The van der Waals surface area contributed by atoms with Crippen LogP contribution in [0, 0.1) is 0 Å². The summed E-state index contributed by atoms with van der Waals surface area (Å²) in [4.78, 5) is 44.6. The maximum atomic E-state index is 12.4. The molecule has 2 aliphatic rings. The lowest BCUT2D eigenvalue weighted by atomic mass is 10.1. The van der Waals surface area contributed by atoms with Crippen molar-refractivity contribution in [1.82, 2.24) is 10.2 Å². The highest BCUT2D eigenvalue weighted by atomic mass is 32.2. The van der Waals surface area contributed by atoms with Crippen LogP contribution in [0.15, 0.2) is 35.3 Å². The summed E-state index contributed by atoms with van der Waals surface area (Å²) in [7, 11) is -4.73. The van der Waals surface area contributed by atoms with Gasteiger partial charge in [0.1, 0.15) is 16.9 Å². The number of rotatable bonds is 5. The number of nitrogens with two attached hydrogens (primary N) is 1. The molecule has 0 bridgehead atoms. The second-order valence-corrected chi connectivity index (χ2v) is 8.58. The molecule has 26 heavy (non-hydrogen) atoms. The van der Waals surface area contributed by atoms with E-state index in [1.54, 1.807) is 24.3 Å². The molecule has 0 aliphatic carbocycles. The quantitative estimate of drug-likeness (QED) is 0.255. The van der Waals surface area contributed by atoms with E-state index in [0.29, 0.717) is 11.3 Å². The third kappa shape index (κ3) is 3.38. The number of nitrogens with zero attached hydrogens (tertiary/aromatic N) is 1. The molecule has 0 aromatic heterocycles. The molecule has 0 saturated carbocycles. The van der Waals surface area contributed by atoms with Crippen LogP contribution in [0.1, 0.15) is 5.56 Å². The first kappa shape index (κ1) is 18.9. The summed E-state index contributed by atoms with van der Waals surface area (Å²) in [5, 5.41) is 11.3. The molecule has 1 fully saturated rings. The van der Waals surface area contributed by atoms with Crippen molar-refractivity contribution in [3.8, 4) is 0 Å². The van der Waals surface area contributed by atoms with Gasteiger partial charge in [-0.3, -0.25) is 19.1 Å². The van der Waals surface area contributed by atoms with Crippen LogP contribution < -0.4 is 11.1 Å². The van der Waals surface area contributed by atoms with Crippen molar-refractivity contribution in [2.24, 2.45) is 0 Å². The average molecular weight is 399 g/mol. The van der Waals surface area contributed by atoms with E-state index in [4.69, 9.17) is 5.73 Å². The van der Waals surface area contributed by atoms with Crippen LogP contribution in [0.2, 0.25) is 0 Å². The molecule has 2 aliphatic heterocycles. The van der Waals surface area contributed by atoms with E-state index in [-0.39, 0.29) is 17.7 Å². The van der Waals surface area contributed by atoms with E-state index in [1.807, 2.05) is 0 Å². The van der Waals surface area contributed by atoms with Gasteiger partial charge in [-0.25, -0.2) is 0 Å². The minimum atomic E-state index is -4.73. The van der Waals surface area contributed by atoms with Crippen LogP contribution in [0.4, 0.5) is 5.69 Å². The number of anilines is 1. The van der Waals surface area contributed by atoms with Gasteiger partial charge in [-0.1, -0.05) is 18.2 Å². The monoisotopic (exact) mass is 399 g/mol. The zero-order valence-corrected chi connectivity index (χ0v) is 15.2. The van der Waals surface area contributed by atoms with Gasteiger partial charge >= 0.3 is 7.60 Å². The van der Waals surface area contributed by atoms with Crippen molar-refractivity contribution in [3.05, 3.63) is 40.8 Å². The van der Waals surface area contributed by atoms with E-state index in [2.05, 4.69) is 5.32 Å². The number of aliphatic hydroxyl groups is 1. The lowest BCUT2D eigenvalue weighted by Gasteiger charge is -2.50. The van der Waals surface area contributed by atoms with Gasteiger partial charge in [-0.15, -0.1) is 11.8 Å². The molecule has 3 rings (SSSR count). The van der Waals surface area contributed by atoms with Crippen LogP contribution in [0.3, 0.4) is 0 Å². The number of hydrogen-bond acceptors (Lipinski definition) is 6. The summed E-state index contributed by atoms with van der Waals surface area (Å²) in [5.41, 5.74) is 6.56. The molecule has 9 nitrogen and oxygen atoms in total. The van der Waals surface area contributed by atoms with Crippen molar-refractivity contribution < 1.29 is 29.0 Å². The fourth-order valence-corrected chi connectivity index (χ4v) is 5.55. The van der Waals surface area contributed by atoms with Gasteiger partial charge in [0, 0.05) is 11.4 Å². The summed E-state index contributed by atoms with van der Waals surface area (Å²) < 4.78 is 11.7. The van der Waals surface area contributed by atoms with Gasteiger partial charge in [0.15, 0.2) is 0 Å². The van der Waals surface area contributed by atoms with Gasteiger partial charge in [-0.2, -0.15) is 0 Å². The number of para-hydroxylation sites is 1. The number of β-lactam (4-membered cyclic amide) rings is 1. The Morgan fingerprint density at radius 1 is 1.38 bits per heavy atom. The van der Waals surface area contributed by atoms with Gasteiger partial charge in [-0.05, 0) is 17.2 Å². The Balaban J connectivity index is 1.73. The predicted molar refractivity (Wildman–Crippen MR) is 95.7 cm³/mol. The predicted octanol–water partition coefficient (Wildman–Crippen LogP) is -0.407. The summed E-state index contributed by atoms with van der Waals surface area (Å²) in [6.45, 7) is -0.547. The van der Waals surface area contributed by atoms with Crippen molar-refractivity contribution in [2.75, 3.05) is 18.1 Å². The highest BCUT2D eigenvalue weighted by molar-refractivity contribution is 8.00. The van der Waals surface area contributed by atoms with Crippen molar-refractivity contribution >= 4 is 36.9 Å². The maximum absolute atomic E-state index is 12.4. The number of benzene rings is 1. The van der Waals surface area contributed by atoms with Crippen LogP contribution in [-0.2, 0) is 20.6 Å². The first-order valence-electron chi connectivity index (χ1n) is 7.70. The molecular formula is C15H18N3O6PS. The number of aliphatic hydroxyl groups excluding tert-OH is 1. The molecule has 2 atom stereocenters. The summed E-state index contributed by atoms with van der Waals surface area (Å²) in [6, 6.07) is 6.00. The highest BCUT2D eigenvalue weighted by Gasteiger charge is 2.55. The SMILES string of the molecule is Nc1ccccc1CC(=O)N[C@@H]1C(=O)N2C(P(=O)(O)O)=C(CO)CS[C@H]12. The second-order valence-electron chi connectivity index (χ2n) is 5.96. The molecule has 1 aromatic carbocycles. The van der Waals surface area contributed by atoms with Gasteiger partial charge in [0.25, 0.3) is 5.91 Å². The molecule has 2 heterocycles. The Kier molecular flexibility index (Phi) is 5.14. The Hall–Kier alpha value is -1.84. The van der Waals surface area contributed by atoms with E-state index < -0.39 is 42.9 Å². The Bertz CT molecular complexity index is 838. The number of nitrogens with one attached hydrogen (secondary N) is 1. The van der Waals surface area contributed by atoms with Gasteiger partial charge in [0.2, 0.25) is 5.91 Å². The summed E-state index contributed by atoms with van der Waals surface area (Å²) in [5.74, 6) is -0.847. The minimum Gasteiger partial charge on any atom is -0.398 e. The Morgan fingerprint density at radius 2 is 2.08 bits per heavy atom. The maximum Gasteiger partial charge on any atom is 0.372 e. The third-order valence-corrected chi connectivity index (χ3v) is 6.63. The Morgan fingerprint density at radius 3 is 2.69 bits per heavy atom. The standard InChI is InChI=1S/C15H18N3O6PS/c16-10-4-2-1-3-8(10)5-11(20)17-12-13(21)18-14(25(22,23)24)9(6-19)7-26-15(12)18/h1-4,12,15,19H,5-7,16H2,(H,17,20)(H2,22,23,24)/t12-,15-/m1/s1. The smallest absolute Gasteiger partial charge is 0.372 e. The molecule has 11 heteroatoms. The minimum absolute atomic E-state index is 0.00306. The molecule has 6 N–H and O–H groups in total. The molecule has 0 spiro atoms. The first-order valence-corrected chi connectivity index (χ1v) is 10.4. The van der Waals surface area contributed by atoms with Gasteiger partial charge < -0.3 is 25.9 Å².